The van der Waals surface area contributed by atoms with Gasteiger partial charge >= 0.3 is 5.97 Å². The van der Waals surface area contributed by atoms with Gasteiger partial charge in [0.05, 0.1) is 11.3 Å². The van der Waals surface area contributed by atoms with Crippen LogP contribution < -0.4 is 5.32 Å². The maximum atomic E-state index is 12.3. The van der Waals surface area contributed by atoms with E-state index in [0.29, 0.717) is 30.9 Å². The number of carbonyl (C=O) groups is 2. The number of aromatic nitrogens is 2. The quantitative estimate of drug-likeness (QED) is 0.758. The molecule has 1 aromatic heterocycles. The molecular formula is C16H25N3O3. The molecule has 6 nitrogen and oxygen atoms in total. The Morgan fingerprint density at radius 3 is 2.73 bits per heavy atom. The molecule has 1 saturated carbocycles. The molecule has 0 aliphatic heterocycles. The minimum atomic E-state index is -0.793. The van der Waals surface area contributed by atoms with Crippen molar-refractivity contribution in [3.05, 3.63) is 17.5 Å². The van der Waals surface area contributed by atoms with Crippen LogP contribution in [0.15, 0.2) is 6.20 Å². The molecule has 0 aromatic carbocycles. The normalized spacial score (nSPS) is 15.7. The van der Waals surface area contributed by atoms with Crippen molar-refractivity contribution in [1.82, 2.24) is 15.1 Å². The molecular weight excluding hydrogens is 282 g/mol. The van der Waals surface area contributed by atoms with Crippen molar-refractivity contribution in [2.45, 2.75) is 57.3 Å². The third-order valence-corrected chi connectivity index (χ3v) is 4.20. The van der Waals surface area contributed by atoms with Gasteiger partial charge in [-0.05, 0) is 25.7 Å². The fourth-order valence-electron chi connectivity index (χ4n) is 3.06. The highest BCUT2D eigenvalue weighted by molar-refractivity contribution is 5.95. The van der Waals surface area contributed by atoms with Gasteiger partial charge in [-0.3, -0.25) is 14.3 Å². The number of carboxylic acid groups (broad SMARTS) is 1. The second-order valence-electron chi connectivity index (χ2n) is 6.04. The molecule has 1 aliphatic rings. The Morgan fingerprint density at radius 1 is 1.32 bits per heavy atom. The molecule has 0 spiro atoms. The van der Waals surface area contributed by atoms with Gasteiger partial charge in [0.15, 0.2) is 0 Å². The molecule has 1 fully saturated rings. The van der Waals surface area contributed by atoms with E-state index < -0.39 is 5.97 Å². The lowest BCUT2D eigenvalue weighted by Crippen LogP contribution is -2.26. The van der Waals surface area contributed by atoms with Gasteiger partial charge in [-0.2, -0.15) is 5.10 Å². The summed E-state index contributed by atoms with van der Waals surface area (Å²) in [5.41, 5.74) is 1.60. The highest BCUT2D eigenvalue weighted by atomic mass is 16.4. The standard InChI is InChI=1S/C16H25N3O3/c1-19-11-13(15(18-19)12-7-3-2-4-8-12)16(22)17-10-6-5-9-14(20)21/h11-12H,2-10H2,1H3,(H,17,22)(H,20,21). The zero-order valence-corrected chi connectivity index (χ0v) is 13.2. The van der Waals surface area contributed by atoms with Crippen LogP contribution in [-0.2, 0) is 11.8 Å². The Kier molecular flexibility index (Phi) is 5.98. The van der Waals surface area contributed by atoms with E-state index in [4.69, 9.17) is 5.11 Å². The van der Waals surface area contributed by atoms with Crippen LogP contribution >= 0.6 is 0 Å². The molecule has 0 unspecified atom stereocenters. The van der Waals surface area contributed by atoms with E-state index in [1.54, 1.807) is 10.9 Å². The molecule has 6 heteroatoms. The summed E-state index contributed by atoms with van der Waals surface area (Å²) in [4.78, 5) is 22.8. The van der Waals surface area contributed by atoms with Crippen molar-refractivity contribution in [3.8, 4) is 0 Å². The summed E-state index contributed by atoms with van der Waals surface area (Å²) < 4.78 is 1.71. The first kappa shape index (κ1) is 16.5. The Hall–Kier alpha value is -1.85. The molecule has 1 aliphatic carbocycles. The molecule has 0 radical (unpaired) electrons. The molecule has 0 bridgehead atoms. The van der Waals surface area contributed by atoms with Gasteiger partial charge in [-0.1, -0.05) is 19.3 Å². The van der Waals surface area contributed by atoms with Crippen molar-refractivity contribution in [3.63, 3.8) is 0 Å². The van der Waals surface area contributed by atoms with E-state index in [9.17, 15) is 9.59 Å². The first-order valence-corrected chi connectivity index (χ1v) is 8.11. The third kappa shape index (κ3) is 4.58. The van der Waals surface area contributed by atoms with Crippen molar-refractivity contribution >= 4 is 11.9 Å². The summed E-state index contributed by atoms with van der Waals surface area (Å²) in [7, 11) is 1.84. The Labute approximate surface area is 130 Å². The number of hydrogen-bond donors (Lipinski definition) is 2. The molecule has 0 saturated heterocycles. The highest BCUT2D eigenvalue weighted by Gasteiger charge is 2.24. The SMILES string of the molecule is Cn1cc(C(=O)NCCCCC(=O)O)c(C2CCCCC2)n1. The smallest absolute Gasteiger partial charge is 0.303 e. The predicted octanol–water partition coefficient (Wildman–Crippen LogP) is 2.45. The van der Waals surface area contributed by atoms with Crippen LogP contribution in [0.3, 0.4) is 0 Å². The number of carbonyl (C=O) groups excluding carboxylic acids is 1. The summed E-state index contributed by atoms with van der Waals surface area (Å²) in [6, 6.07) is 0. The molecule has 1 heterocycles. The van der Waals surface area contributed by atoms with E-state index >= 15 is 0 Å². The van der Waals surface area contributed by atoms with Gasteiger partial charge in [-0.15, -0.1) is 0 Å². The number of rotatable bonds is 7. The number of carboxylic acids is 1. The first-order chi connectivity index (χ1) is 10.6. The topological polar surface area (TPSA) is 84.2 Å². The van der Waals surface area contributed by atoms with E-state index in [-0.39, 0.29) is 12.3 Å². The molecule has 122 valence electrons. The molecule has 0 atom stereocenters. The van der Waals surface area contributed by atoms with E-state index in [1.165, 1.54) is 19.3 Å². The number of amides is 1. The first-order valence-electron chi connectivity index (χ1n) is 8.11. The molecule has 2 N–H and O–H groups in total. The molecule has 2 rings (SSSR count). The maximum absolute atomic E-state index is 12.3. The molecule has 1 aromatic rings. The predicted molar refractivity (Wildman–Crippen MR) is 82.9 cm³/mol. The lowest BCUT2D eigenvalue weighted by Gasteiger charge is -2.20. The van der Waals surface area contributed by atoms with Gasteiger partial charge in [0, 0.05) is 32.1 Å². The summed E-state index contributed by atoms with van der Waals surface area (Å²) in [5.74, 6) is -0.495. The average Bonchev–Trinajstić information content (AvgIpc) is 2.89. The van der Waals surface area contributed by atoms with E-state index in [0.717, 1.165) is 18.5 Å². The second kappa shape index (κ2) is 7.96. The van der Waals surface area contributed by atoms with Gasteiger partial charge in [-0.25, -0.2) is 0 Å². The lowest BCUT2D eigenvalue weighted by atomic mass is 9.85. The van der Waals surface area contributed by atoms with Gasteiger partial charge in [0.25, 0.3) is 5.91 Å². The lowest BCUT2D eigenvalue weighted by molar-refractivity contribution is -0.137. The fraction of sp³-hybridized carbons (Fsp3) is 0.688. The van der Waals surface area contributed by atoms with Crippen LogP contribution in [0.5, 0.6) is 0 Å². The van der Waals surface area contributed by atoms with E-state index in [1.807, 2.05) is 7.05 Å². The largest absolute Gasteiger partial charge is 0.481 e. The van der Waals surface area contributed by atoms with Crippen LogP contribution in [0.25, 0.3) is 0 Å². The Balaban J connectivity index is 1.90. The van der Waals surface area contributed by atoms with E-state index in [2.05, 4.69) is 10.4 Å². The molecule has 22 heavy (non-hydrogen) atoms. The second-order valence-corrected chi connectivity index (χ2v) is 6.04. The van der Waals surface area contributed by atoms with Crippen LogP contribution in [0, 0.1) is 0 Å². The Morgan fingerprint density at radius 2 is 2.05 bits per heavy atom. The van der Waals surface area contributed by atoms with Crippen molar-refractivity contribution < 1.29 is 14.7 Å². The van der Waals surface area contributed by atoms with Gasteiger partial charge in [0.2, 0.25) is 0 Å². The minimum Gasteiger partial charge on any atom is -0.481 e. The van der Waals surface area contributed by atoms with Gasteiger partial charge < -0.3 is 10.4 Å². The number of aryl methyl sites for hydroxylation is 1. The zero-order chi connectivity index (χ0) is 15.9. The van der Waals surface area contributed by atoms with Crippen molar-refractivity contribution in [2.24, 2.45) is 7.05 Å². The highest BCUT2D eigenvalue weighted by Crippen LogP contribution is 2.33. The Bertz CT molecular complexity index is 519. The molecule has 1 amide bonds. The average molecular weight is 307 g/mol. The van der Waals surface area contributed by atoms with Crippen LogP contribution in [-0.4, -0.2) is 33.3 Å². The van der Waals surface area contributed by atoms with Crippen LogP contribution in [0.1, 0.15) is 73.3 Å². The number of nitrogens with zero attached hydrogens (tertiary/aromatic N) is 2. The summed E-state index contributed by atoms with van der Waals surface area (Å²) >= 11 is 0. The number of unbranched alkanes of at least 4 members (excludes halogenated alkanes) is 1. The monoisotopic (exact) mass is 307 g/mol. The third-order valence-electron chi connectivity index (χ3n) is 4.20. The van der Waals surface area contributed by atoms with Gasteiger partial charge in [0.1, 0.15) is 0 Å². The summed E-state index contributed by atoms with van der Waals surface area (Å²) in [6.07, 6.45) is 9.09. The maximum Gasteiger partial charge on any atom is 0.303 e. The van der Waals surface area contributed by atoms with Crippen molar-refractivity contribution in [1.29, 1.82) is 0 Å². The number of nitrogens with one attached hydrogen (secondary N) is 1. The fourth-order valence-corrected chi connectivity index (χ4v) is 3.06. The van der Waals surface area contributed by atoms with Crippen LogP contribution in [0.4, 0.5) is 0 Å². The van der Waals surface area contributed by atoms with Crippen molar-refractivity contribution in [2.75, 3.05) is 6.54 Å². The number of aliphatic carboxylic acids is 1. The number of hydrogen-bond acceptors (Lipinski definition) is 3. The summed E-state index contributed by atoms with van der Waals surface area (Å²) in [6.45, 7) is 0.505. The zero-order valence-electron chi connectivity index (χ0n) is 13.2. The summed E-state index contributed by atoms with van der Waals surface area (Å²) in [5, 5.41) is 16.0. The minimum absolute atomic E-state index is 0.0935. The van der Waals surface area contributed by atoms with Crippen LogP contribution in [0.2, 0.25) is 0 Å².